The molecule has 1 saturated heterocycles. The average molecular weight is 487 g/mol. The van der Waals surface area contributed by atoms with Gasteiger partial charge in [-0.1, -0.05) is 35.9 Å². The molecule has 1 aliphatic rings. The fourth-order valence-corrected chi connectivity index (χ4v) is 4.76. The van der Waals surface area contributed by atoms with Gasteiger partial charge in [0.25, 0.3) is 0 Å². The highest BCUT2D eigenvalue weighted by Gasteiger charge is 2.20. The molecule has 5 rings (SSSR count). The number of nitrogens with zero attached hydrogens (tertiary/aromatic N) is 5. The number of nitrogens with one attached hydrogen (secondary N) is 1. The van der Waals surface area contributed by atoms with E-state index in [1.165, 1.54) is 6.08 Å². The van der Waals surface area contributed by atoms with Crippen molar-refractivity contribution >= 4 is 51.2 Å². The van der Waals surface area contributed by atoms with Gasteiger partial charge >= 0.3 is 0 Å². The van der Waals surface area contributed by atoms with Crippen molar-refractivity contribution < 1.29 is 4.79 Å². The molecule has 0 aliphatic carbocycles. The number of halogens is 1. The van der Waals surface area contributed by atoms with Crippen LogP contribution in [-0.2, 0) is 4.79 Å². The van der Waals surface area contributed by atoms with Gasteiger partial charge in [-0.25, -0.2) is 15.0 Å². The molecule has 0 unspecified atom stereocenters. The summed E-state index contributed by atoms with van der Waals surface area (Å²) in [5, 5.41) is 7.08. The van der Waals surface area contributed by atoms with Crippen molar-refractivity contribution in [1.29, 1.82) is 0 Å². The zero-order valence-electron chi connectivity index (χ0n) is 19.8. The van der Waals surface area contributed by atoms with Gasteiger partial charge in [0.2, 0.25) is 0 Å². The van der Waals surface area contributed by atoms with Gasteiger partial charge in [0.1, 0.15) is 24.2 Å². The number of pyridine rings is 1. The minimum absolute atomic E-state index is 0.258. The molecular formula is C27H27ClN6O. The van der Waals surface area contributed by atoms with Crippen LogP contribution in [0.15, 0.2) is 61.1 Å². The molecule has 0 radical (unpaired) electrons. The summed E-state index contributed by atoms with van der Waals surface area (Å²) in [5.41, 5.74) is 2.50. The van der Waals surface area contributed by atoms with Crippen molar-refractivity contribution in [2.45, 2.75) is 19.9 Å². The SMILES string of the molecule is CC(C)Nc1cc2ccccc2c(-c2cc3ncnc(N4CCN(C=CC=O)CC4)c3cc2Cl)n1. The molecule has 0 saturated carbocycles. The highest BCUT2D eigenvalue weighted by molar-refractivity contribution is 6.34. The second-order valence-electron chi connectivity index (χ2n) is 8.92. The molecule has 1 N–H and O–H groups in total. The quantitative estimate of drug-likeness (QED) is 0.298. The van der Waals surface area contributed by atoms with Crippen LogP contribution in [0.3, 0.4) is 0 Å². The number of piperazine rings is 1. The first-order valence-electron chi connectivity index (χ1n) is 11.8. The molecular weight excluding hydrogens is 460 g/mol. The Hall–Kier alpha value is -3.71. The molecule has 0 amide bonds. The minimum Gasteiger partial charge on any atom is -0.374 e. The molecule has 2 aromatic carbocycles. The lowest BCUT2D eigenvalue weighted by Crippen LogP contribution is -2.44. The summed E-state index contributed by atoms with van der Waals surface area (Å²) in [6, 6.07) is 14.5. The summed E-state index contributed by atoms with van der Waals surface area (Å²) in [7, 11) is 0. The van der Waals surface area contributed by atoms with Gasteiger partial charge in [0.15, 0.2) is 0 Å². The van der Waals surface area contributed by atoms with Crippen molar-refractivity contribution in [2.75, 3.05) is 36.4 Å². The fourth-order valence-electron chi connectivity index (χ4n) is 4.51. The summed E-state index contributed by atoms with van der Waals surface area (Å²) in [6.07, 6.45) is 5.78. The average Bonchev–Trinajstić information content (AvgIpc) is 2.86. The molecule has 2 aromatic heterocycles. The zero-order chi connectivity index (χ0) is 24.4. The van der Waals surface area contributed by atoms with Crippen LogP contribution in [0.1, 0.15) is 13.8 Å². The third-order valence-corrected chi connectivity index (χ3v) is 6.44. The van der Waals surface area contributed by atoms with Gasteiger partial charge in [0, 0.05) is 54.8 Å². The van der Waals surface area contributed by atoms with E-state index >= 15 is 0 Å². The van der Waals surface area contributed by atoms with Crippen LogP contribution >= 0.6 is 11.6 Å². The Bertz CT molecular complexity index is 1410. The largest absolute Gasteiger partial charge is 0.374 e. The van der Waals surface area contributed by atoms with E-state index in [0.29, 0.717) is 5.02 Å². The summed E-state index contributed by atoms with van der Waals surface area (Å²) in [4.78, 5) is 29.1. The Morgan fingerprint density at radius 1 is 1.03 bits per heavy atom. The monoisotopic (exact) mass is 486 g/mol. The minimum atomic E-state index is 0.258. The number of carbonyl (C=O) groups is 1. The number of anilines is 2. The van der Waals surface area contributed by atoms with Crippen molar-refractivity contribution in [3.8, 4) is 11.3 Å². The molecule has 178 valence electrons. The third-order valence-electron chi connectivity index (χ3n) is 6.12. The molecule has 0 spiro atoms. The fraction of sp³-hybridized carbons (Fsp3) is 0.259. The number of allylic oxidation sites excluding steroid dienone is 1. The number of rotatable bonds is 6. The molecule has 35 heavy (non-hydrogen) atoms. The number of benzene rings is 2. The normalized spacial score (nSPS) is 14.4. The first-order chi connectivity index (χ1) is 17.0. The summed E-state index contributed by atoms with van der Waals surface area (Å²) < 4.78 is 0. The summed E-state index contributed by atoms with van der Waals surface area (Å²) >= 11 is 6.90. The lowest BCUT2D eigenvalue weighted by Gasteiger charge is -2.35. The highest BCUT2D eigenvalue weighted by Crippen LogP contribution is 2.37. The van der Waals surface area contributed by atoms with E-state index < -0.39 is 0 Å². The van der Waals surface area contributed by atoms with Gasteiger partial charge in [-0.15, -0.1) is 0 Å². The number of hydrogen-bond donors (Lipinski definition) is 1. The van der Waals surface area contributed by atoms with E-state index in [1.807, 2.05) is 30.5 Å². The van der Waals surface area contributed by atoms with Gasteiger partial charge in [0.05, 0.1) is 16.2 Å². The van der Waals surface area contributed by atoms with Gasteiger partial charge in [-0.3, -0.25) is 4.79 Å². The number of carbonyl (C=O) groups excluding carboxylic acids is 1. The molecule has 1 fully saturated rings. The molecule has 0 atom stereocenters. The van der Waals surface area contributed by atoms with Crippen molar-refractivity contribution in [3.63, 3.8) is 0 Å². The van der Waals surface area contributed by atoms with Crippen molar-refractivity contribution in [2.24, 2.45) is 0 Å². The molecule has 3 heterocycles. The van der Waals surface area contributed by atoms with Gasteiger partial charge in [-0.2, -0.15) is 0 Å². The Morgan fingerprint density at radius 2 is 1.83 bits per heavy atom. The standard InChI is InChI=1S/C27H27ClN6O/c1-18(2)31-25-14-19-6-3-4-7-20(19)26(32-25)21-16-24-22(15-23(21)28)27(30-17-29-24)34-11-9-33(10-12-34)8-5-13-35/h3-8,13-18H,9-12H2,1-2H3,(H,31,32). The second-order valence-corrected chi connectivity index (χ2v) is 9.33. The lowest BCUT2D eigenvalue weighted by molar-refractivity contribution is -0.104. The number of aromatic nitrogens is 3. The van der Waals surface area contributed by atoms with Gasteiger partial charge in [-0.05, 0) is 43.5 Å². The van der Waals surface area contributed by atoms with Crippen molar-refractivity contribution in [3.05, 3.63) is 66.1 Å². The van der Waals surface area contributed by atoms with Crippen LogP contribution in [0.4, 0.5) is 11.6 Å². The number of hydrogen-bond acceptors (Lipinski definition) is 7. The van der Waals surface area contributed by atoms with E-state index in [9.17, 15) is 4.79 Å². The Kier molecular flexibility index (Phi) is 6.51. The Morgan fingerprint density at radius 3 is 2.60 bits per heavy atom. The van der Waals surface area contributed by atoms with E-state index in [0.717, 1.165) is 77.0 Å². The summed E-state index contributed by atoms with van der Waals surface area (Å²) in [6.45, 7) is 7.40. The van der Waals surface area contributed by atoms with E-state index in [2.05, 4.69) is 57.1 Å². The molecule has 4 aromatic rings. The Balaban J connectivity index is 1.56. The van der Waals surface area contributed by atoms with E-state index in [-0.39, 0.29) is 6.04 Å². The van der Waals surface area contributed by atoms with Gasteiger partial charge < -0.3 is 15.1 Å². The molecule has 7 nitrogen and oxygen atoms in total. The second kappa shape index (κ2) is 9.88. The topological polar surface area (TPSA) is 74.2 Å². The maximum Gasteiger partial charge on any atom is 0.144 e. The maximum absolute atomic E-state index is 10.6. The summed E-state index contributed by atoms with van der Waals surface area (Å²) in [5.74, 6) is 1.69. The van der Waals surface area contributed by atoms with E-state index in [1.54, 1.807) is 6.33 Å². The van der Waals surface area contributed by atoms with Crippen LogP contribution in [0.2, 0.25) is 5.02 Å². The van der Waals surface area contributed by atoms with Crippen molar-refractivity contribution in [1.82, 2.24) is 19.9 Å². The van der Waals surface area contributed by atoms with Crippen LogP contribution in [0.5, 0.6) is 0 Å². The number of aldehydes is 1. The van der Waals surface area contributed by atoms with Crippen LogP contribution in [-0.4, -0.2) is 58.4 Å². The maximum atomic E-state index is 10.6. The highest BCUT2D eigenvalue weighted by atomic mass is 35.5. The van der Waals surface area contributed by atoms with Crippen LogP contribution in [0.25, 0.3) is 32.9 Å². The third kappa shape index (κ3) is 4.77. The first-order valence-corrected chi connectivity index (χ1v) is 12.1. The van der Waals surface area contributed by atoms with Crippen LogP contribution in [0, 0.1) is 0 Å². The predicted octanol–water partition coefficient (Wildman–Crippen LogP) is 5.15. The van der Waals surface area contributed by atoms with Crippen LogP contribution < -0.4 is 10.2 Å². The smallest absolute Gasteiger partial charge is 0.144 e. The molecule has 0 bridgehead atoms. The number of fused-ring (bicyclic) bond motifs is 2. The Labute approximate surface area is 209 Å². The first kappa shape index (κ1) is 23.1. The molecule has 8 heteroatoms. The zero-order valence-corrected chi connectivity index (χ0v) is 20.5. The van der Waals surface area contributed by atoms with E-state index in [4.69, 9.17) is 16.6 Å². The predicted molar refractivity (Wildman–Crippen MR) is 143 cm³/mol. The lowest BCUT2D eigenvalue weighted by atomic mass is 10.0. The molecule has 1 aliphatic heterocycles.